The topological polar surface area (TPSA) is 57.8 Å². The summed E-state index contributed by atoms with van der Waals surface area (Å²) >= 11 is 0. The highest BCUT2D eigenvalue weighted by atomic mass is 16.1. The second-order valence-corrected chi connectivity index (χ2v) is 2.47. The molecule has 0 fully saturated rings. The first kappa shape index (κ1) is 8.52. The summed E-state index contributed by atoms with van der Waals surface area (Å²) in [5.74, 6) is -0.177. The molecule has 0 saturated heterocycles. The maximum atomic E-state index is 10.9. The molecule has 0 spiro atoms. The fourth-order valence-corrected chi connectivity index (χ4v) is 0.853. The van der Waals surface area contributed by atoms with E-state index in [1.165, 1.54) is 6.08 Å². The largest absolute Gasteiger partial charge is 0.346 e. The number of nitrogens with one attached hydrogen (secondary N) is 2. The Labute approximate surface area is 70.7 Å². The van der Waals surface area contributed by atoms with Gasteiger partial charge >= 0.3 is 0 Å². The van der Waals surface area contributed by atoms with Gasteiger partial charge in [0.15, 0.2) is 0 Å². The van der Waals surface area contributed by atoms with E-state index in [9.17, 15) is 4.79 Å². The molecule has 1 heterocycles. The lowest BCUT2D eigenvalue weighted by molar-refractivity contribution is -0.117. The van der Waals surface area contributed by atoms with Crippen LogP contribution in [-0.4, -0.2) is 16.1 Å². The van der Waals surface area contributed by atoms with Crippen LogP contribution in [0.3, 0.4) is 0 Å². The number of aromatic nitrogens is 2. The predicted molar refractivity (Wildman–Crippen MR) is 45.3 cm³/mol. The van der Waals surface area contributed by atoms with E-state index < -0.39 is 0 Å². The number of hydrogen-bond acceptors (Lipinski definition) is 2. The number of rotatable bonds is 3. The molecule has 2 N–H and O–H groups in total. The standard InChI is InChI=1S/C8H11N3O/c1-3-8(12)11-6(2)7-4-9-10-5-7/h3-6H,1H2,2H3,(H,9,10)(H,11,12). The molecule has 12 heavy (non-hydrogen) atoms. The number of carbonyl (C=O) groups excluding carboxylic acids is 1. The van der Waals surface area contributed by atoms with Gasteiger partial charge in [0.25, 0.3) is 0 Å². The summed E-state index contributed by atoms with van der Waals surface area (Å²) in [5, 5.41) is 9.16. The van der Waals surface area contributed by atoms with Crippen LogP contribution in [0.2, 0.25) is 0 Å². The van der Waals surface area contributed by atoms with Crippen molar-refractivity contribution in [3.8, 4) is 0 Å². The molecule has 0 aliphatic carbocycles. The first-order valence-corrected chi connectivity index (χ1v) is 3.65. The molecule has 0 aliphatic rings. The molecule has 4 heteroatoms. The van der Waals surface area contributed by atoms with Gasteiger partial charge in [-0.2, -0.15) is 5.10 Å². The van der Waals surface area contributed by atoms with Crippen molar-refractivity contribution in [2.24, 2.45) is 0 Å². The molecule has 1 unspecified atom stereocenters. The van der Waals surface area contributed by atoms with E-state index in [4.69, 9.17) is 0 Å². The van der Waals surface area contributed by atoms with Gasteiger partial charge in [-0.25, -0.2) is 0 Å². The van der Waals surface area contributed by atoms with Crippen LogP contribution >= 0.6 is 0 Å². The SMILES string of the molecule is C=CC(=O)NC(C)c1cn[nH]c1. The number of aromatic amines is 1. The lowest BCUT2D eigenvalue weighted by atomic mass is 10.2. The van der Waals surface area contributed by atoms with Crippen molar-refractivity contribution in [1.29, 1.82) is 0 Å². The van der Waals surface area contributed by atoms with Gasteiger partial charge in [0.1, 0.15) is 0 Å². The summed E-state index contributed by atoms with van der Waals surface area (Å²) in [6, 6.07) is -0.0331. The smallest absolute Gasteiger partial charge is 0.243 e. The van der Waals surface area contributed by atoms with E-state index >= 15 is 0 Å². The normalized spacial score (nSPS) is 12.1. The number of nitrogens with zero attached hydrogens (tertiary/aromatic N) is 1. The van der Waals surface area contributed by atoms with Crippen LogP contribution < -0.4 is 5.32 Å². The fourth-order valence-electron chi connectivity index (χ4n) is 0.853. The molecule has 4 nitrogen and oxygen atoms in total. The third kappa shape index (κ3) is 1.95. The van der Waals surface area contributed by atoms with Crippen molar-refractivity contribution in [2.75, 3.05) is 0 Å². The number of carbonyl (C=O) groups is 1. The zero-order chi connectivity index (χ0) is 8.97. The van der Waals surface area contributed by atoms with E-state index in [0.29, 0.717) is 0 Å². The molecule has 0 bridgehead atoms. The lowest BCUT2D eigenvalue weighted by Crippen LogP contribution is -2.24. The number of H-pyrrole nitrogens is 1. The molecule has 64 valence electrons. The van der Waals surface area contributed by atoms with E-state index in [2.05, 4.69) is 22.1 Å². The summed E-state index contributed by atoms with van der Waals surface area (Å²) in [7, 11) is 0. The Hall–Kier alpha value is -1.58. The number of hydrogen-bond donors (Lipinski definition) is 2. The first-order chi connectivity index (χ1) is 5.74. The molecule has 1 amide bonds. The number of amides is 1. The third-order valence-corrected chi connectivity index (χ3v) is 1.56. The van der Waals surface area contributed by atoms with Gasteiger partial charge in [-0.3, -0.25) is 9.89 Å². The highest BCUT2D eigenvalue weighted by Gasteiger charge is 2.06. The van der Waals surface area contributed by atoms with Crippen LogP contribution in [0, 0.1) is 0 Å². The van der Waals surface area contributed by atoms with E-state index in [0.717, 1.165) is 5.56 Å². The van der Waals surface area contributed by atoms with Crippen molar-refractivity contribution in [2.45, 2.75) is 13.0 Å². The van der Waals surface area contributed by atoms with Gasteiger partial charge in [-0.15, -0.1) is 0 Å². The predicted octanol–water partition coefficient (Wildman–Crippen LogP) is 0.773. The Morgan fingerprint density at radius 2 is 2.67 bits per heavy atom. The van der Waals surface area contributed by atoms with Crippen LogP contribution in [0.15, 0.2) is 25.0 Å². The van der Waals surface area contributed by atoms with Crippen molar-refractivity contribution in [3.05, 3.63) is 30.6 Å². The lowest BCUT2D eigenvalue weighted by Gasteiger charge is -2.08. The van der Waals surface area contributed by atoms with Crippen molar-refractivity contribution >= 4 is 5.91 Å². The Kier molecular flexibility index (Phi) is 2.63. The molecular weight excluding hydrogens is 154 g/mol. The van der Waals surface area contributed by atoms with Crippen LogP contribution in [0.1, 0.15) is 18.5 Å². The summed E-state index contributed by atoms with van der Waals surface area (Å²) in [5.41, 5.74) is 0.949. The molecule has 0 aliphatic heterocycles. The Bertz CT molecular complexity index is 266. The quantitative estimate of drug-likeness (QED) is 0.650. The summed E-state index contributed by atoms with van der Waals surface area (Å²) in [6.45, 7) is 5.24. The van der Waals surface area contributed by atoms with Gasteiger partial charge in [0.2, 0.25) is 5.91 Å². The van der Waals surface area contributed by atoms with Gasteiger partial charge < -0.3 is 5.32 Å². The molecule has 0 radical (unpaired) electrons. The summed E-state index contributed by atoms with van der Waals surface area (Å²) in [4.78, 5) is 10.9. The monoisotopic (exact) mass is 165 g/mol. The van der Waals surface area contributed by atoms with E-state index in [-0.39, 0.29) is 11.9 Å². The van der Waals surface area contributed by atoms with Gasteiger partial charge in [-0.1, -0.05) is 6.58 Å². The van der Waals surface area contributed by atoms with Crippen molar-refractivity contribution in [1.82, 2.24) is 15.5 Å². The molecule has 1 aromatic rings. The van der Waals surface area contributed by atoms with Crippen molar-refractivity contribution in [3.63, 3.8) is 0 Å². The van der Waals surface area contributed by atoms with E-state index in [1.807, 2.05) is 6.92 Å². The van der Waals surface area contributed by atoms with Crippen LogP contribution in [0.4, 0.5) is 0 Å². The molecule has 1 atom stereocenters. The maximum absolute atomic E-state index is 10.9. The van der Waals surface area contributed by atoms with Gasteiger partial charge in [-0.05, 0) is 13.0 Å². The minimum Gasteiger partial charge on any atom is -0.346 e. The zero-order valence-corrected chi connectivity index (χ0v) is 6.87. The first-order valence-electron chi connectivity index (χ1n) is 3.65. The average molecular weight is 165 g/mol. The maximum Gasteiger partial charge on any atom is 0.243 e. The van der Waals surface area contributed by atoms with Crippen LogP contribution in [-0.2, 0) is 4.79 Å². The van der Waals surface area contributed by atoms with E-state index in [1.54, 1.807) is 12.4 Å². The minimum absolute atomic E-state index is 0.0331. The van der Waals surface area contributed by atoms with Crippen LogP contribution in [0.5, 0.6) is 0 Å². The third-order valence-electron chi connectivity index (χ3n) is 1.56. The fraction of sp³-hybridized carbons (Fsp3) is 0.250. The van der Waals surface area contributed by atoms with Gasteiger partial charge in [0, 0.05) is 11.8 Å². The highest BCUT2D eigenvalue weighted by molar-refractivity contribution is 5.87. The summed E-state index contributed by atoms with van der Waals surface area (Å²) in [6.07, 6.45) is 4.67. The highest BCUT2D eigenvalue weighted by Crippen LogP contribution is 2.08. The second kappa shape index (κ2) is 3.71. The Morgan fingerprint density at radius 3 is 3.17 bits per heavy atom. The minimum atomic E-state index is -0.177. The Balaban J connectivity index is 2.55. The average Bonchev–Trinajstić information content (AvgIpc) is 2.56. The Morgan fingerprint density at radius 1 is 1.92 bits per heavy atom. The van der Waals surface area contributed by atoms with Crippen molar-refractivity contribution < 1.29 is 4.79 Å². The van der Waals surface area contributed by atoms with Gasteiger partial charge in [0.05, 0.1) is 12.2 Å². The molecule has 1 aromatic heterocycles. The summed E-state index contributed by atoms with van der Waals surface area (Å²) < 4.78 is 0. The molecule has 0 saturated carbocycles. The molecular formula is C8H11N3O. The molecule has 0 aromatic carbocycles. The second-order valence-electron chi connectivity index (χ2n) is 2.47. The van der Waals surface area contributed by atoms with Crippen LogP contribution in [0.25, 0.3) is 0 Å². The molecule has 1 rings (SSSR count). The zero-order valence-electron chi connectivity index (χ0n) is 6.87.